The second kappa shape index (κ2) is 4.79. The monoisotopic (exact) mass is 235 g/mol. The molecule has 0 aromatic carbocycles. The van der Waals surface area contributed by atoms with Crippen molar-refractivity contribution in [2.24, 2.45) is 0 Å². The maximum atomic E-state index is 12.0. The van der Waals surface area contributed by atoms with Gasteiger partial charge in [-0.25, -0.2) is 0 Å². The van der Waals surface area contributed by atoms with Crippen LogP contribution in [0.5, 0.6) is 0 Å². The average molecular weight is 235 g/mol. The van der Waals surface area contributed by atoms with Crippen LogP contribution in [0.3, 0.4) is 0 Å². The van der Waals surface area contributed by atoms with Gasteiger partial charge >= 0.3 is 0 Å². The predicted molar refractivity (Wildman–Crippen MR) is 62.4 cm³/mol. The molecule has 5 nitrogen and oxygen atoms in total. The molecule has 1 fully saturated rings. The predicted octanol–water partition coefficient (Wildman–Crippen LogP) is 0.854. The zero-order valence-electron chi connectivity index (χ0n) is 9.96. The first kappa shape index (κ1) is 12.0. The lowest BCUT2D eigenvalue weighted by Gasteiger charge is -2.28. The smallest absolute Gasteiger partial charge is 0.255 e. The van der Waals surface area contributed by atoms with Gasteiger partial charge in [0, 0.05) is 13.6 Å². The molecule has 0 aliphatic heterocycles. The highest BCUT2D eigenvalue weighted by Gasteiger charge is 2.33. The summed E-state index contributed by atoms with van der Waals surface area (Å²) >= 11 is 0. The van der Waals surface area contributed by atoms with Gasteiger partial charge in [0.2, 0.25) is 0 Å². The van der Waals surface area contributed by atoms with Crippen molar-refractivity contribution in [1.29, 1.82) is 0 Å². The van der Waals surface area contributed by atoms with Crippen molar-refractivity contribution in [3.8, 4) is 0 Å². The molecule has 0 radical (unpaired) electrons. The standard InChI is InChI=1S/C12H17N3O2/c1-15(9-12(17)5-2-3-6-12)11(16)10-4-7-13-14-8-10/h4,7-8,17H,2-3,5-6,9H2,1H3. The molecule has 2 rings (SSSR count). The number of amides is 1. The molecule has 0 unspecified atom stereocenters. The Kier molecular flexibility index (Phi) is 3.38. The average Bonchev–Trinajstić information content (AvgIpc) is 2.76. The van der Waals surface area contributed by atoms with Gasteiger partial charge in [0.25, 0.3) is 5.91 Å². The first-order valence-corrected chi connectivity index (χ1v) is 5.85. The number of aliphatic hydroxyl groups is 1. The van der Waals surface area contributed by atoms with Crippen LogP contribution in [0.25, 0.3) is 0 Å². The van der Waals surface area contributed by atoms with E-state index in [2.05, 4.69) is 10.2 Å². The van der Waals surface area contributed by atoms with Gasteiger partial charge in [-0.15, -0.1) is 0 Å². The quantitative estimate of drug-likeness (QED) is 0.843. The van der Waals surface area contributed by atoms with Gasteiger partial charge in [0.05, 0.1) is 23.6 Å². The Morgan fingerprint density at radius 3 is 2.76 bits per heavy atom. The van der Waals surface area contributed by atoms with Crippen LogP contribution < -0.4 is 0 Å². The summed E-state index contributed by atoms with van der Waals surface area (Å²) in [5.74, 6) is -0.125. The Morgan fingerprint density at radius 1 is 1.47 bits per heavy atom. The summed E-state index contributed by atoms with van der Waals surface area (Å²) in [6.45, 7) is 0.383. The molecule has 0 saturated heterocycles. The van der Waals surface area contributed by atoms with Crippen LogP contribution in [-0.4, -0.2) is 45.3 Å². The number of hydrogen-bond donors (Lipinski definition) is 1. The molecule has 1 aromatic rings. The Balaban J connectivity index is 2.00. The summed E-state index contributed by atoms with van der Waals surface area (Å²) in [5, 5.41) is 17.5. The van der Waals surface area contributed by atoms with Gasteiger partial charge in [-0.05, 0) is 18.9 Å². The topological polar surface area (TPSA) is 66.3 Å². The number of nitrogens with zero attached hydrogens (tertiary/aromatic N) is 3. The molecule has 17 heavy (non-hydrogen) atoms. The van der Waals surface area contributed by atoms with Crippen molar-refractivity contribution in [1.82, 2.24) is 15.1 Å². The van der Waals surface area contributed by atoms with Crippen LogP contribution in [-0.2, 0) is 0 Å². The highest BCUT2D eigenvalue weighted by Crippen LogP contribution is 2.30. The summed E-state index contributed by atoms with van der Waals surface area (Å²) < 4.78 is 0. The highest BCUT2D eigenvalue weighted by atomic mass is 16.3. The van der Waals surface area contributed by atoms with Crippen molar-refractivity contribution >= 4 is 5.91 Å². The maximum Gasteiger partial charge on any atom is 0.255 e. The molecule has 1 amide bonds. The molecule has 1 aliphatic carbocycles. The van der Waals surface area contributed by atoms with E-state index in [9.17, 15) is 9.90 Å². The van der Waals surface area contributed by atoms with Crippen molar-refractivity contribution in [2.45, 2.75) is 31.3 Å². The van der Waals surface area contributed by atoms with Gasteiger partial charge < -0.3 is 10.0 Å². The second-order valence-corrected chi connectivity index (χ2v) is 4.72. The van der Waals surface area contributed by atoms with E-state index in [0.717, 1.165) is 25.7 Å². The number of carbonyl (C=O) groups excluding carboxylic acids is 1. The third-order valence-electron chi connectivity index (χ3n) is 3.24. The number of hydrogen-bond acceptors (Lipinski definition) is 4. The third kappa shape index (κ3) is 2.79. The Morgan fingerprint density at radius 2 is 2.18 bits per heavy atom. The lowest BCUT2D eigenvalue weighted by atomic mass is 10.0. The molecule has 1 heterocycles. The van der Waals surface area contributed by atoms with Gasteiger partial charge in [-0.3, -0.25) is 4.79 Å². The summed E-state index contributed by atoms with van der Waals surface area (Å²) in [6, 6.07) is 1.63. The third-order valence-corrected chi connectivity index (χ3v) is 3.24. The molecule has 0 spiro atoms. The van der Waals surface area contributed by atoms with Gasteiger partial charge in [-0.2, -0.15) is 10.2 Å². The maximum absolute atomic E-state index is 12.0. The van der Waals surface area contributed by atoms with Crippen LogP contribution >= 0.6 is 0 Å². The number of likely N-dealkylation sites (N-methyl/N-ethyl adjacent to an activating group) is 1. The lowest BCUT2D eigenvalue weighted by molar-refractivity contribution is 0.0156. The molecule has 92 valence electrons. The largest absolute Gasteiger partial charge is 0.388 e. The van der Waals surface area contributed by atoms with Crippen molar-refractivity contribution in [3.05, 3.63) is 24.0 Å². The van der Waals surface area contributed by atoms with Gasteiger partial charge in [0.15, 0.2) is 0 Å². The first-order valence-electron chi connectivity index (χ1n) is 5.85. The summed E-state index contributed by atoms with van der Waals surface area (Å²) in [6.07, 6.45) is 6.56. The lowest BCUT2D eigenvalue weighted by Crippen LogP contribution is -2.42. The van der Waals surface area contributed by atoms with Crippen molar-refractivity contribution in [2.75, 3.05) is 13.6 Å². The molecular weight excluding hydrogens is 218 g/mol. The van der Waals surface area contributed by atoms with Gasteiger partial charge in [0.1, 0.15) is 0 Å². The van der Waals surface area contributed by atoms with E-state index in [1.807, 2.05) is 0 Å². The summed E-state index contributed by atoms with van der Waals surface area (Å²) in [5.41, 5.74) is -0.200. The van der Waals surface area contributed by atoms with E-state index < -0.39 is 5.60 Å². The van der Waals surface area contributed by atoms with Crippen LogP contribution in [0.1, 0.15) is 36.0 Å². The van der Waals surface area contributed by atoms with Crippen LogP contribution in [0.15, 0.2) is 18.5 Å². The number of rotatable bonds is 3. The number of carbonyl (C=O) groups is 1. The summed E-state index contributed by atoms with van der Waals surface area (Å²) in [4.78, 5) is 13.6. The van der Waals surface area contributed by atoms with Crippen molar-refractivity contribution in [3.63, 3.8) is 0 Å². The fraction of sp³-hybridized carbons (Fsp3) is 0.583. The minimum absolute atomic E-state index is 0.125. The zero-order valence-corrected chi connectivity index (χ0v) is 9.96. The molecule has 1 aliphatic rings. The Bertz CT molecular complexity index is 388. The fourth-order valence-corrected chi connectivity index (χ4v) is 2.34. The zero-order chi connectivity index (χ0) is 12.3. The van der Waals surface area contributed by atoms with E-state index in [-0.39, 0.29) is 5.91 Å². The van der Waals surface area contributed by atoms with Crippen molar-refractivity contribution < 1.29 is 9.90 Å². The van der Waals surface area contributed by atoms with E-state index in [1.165, 1.54) is 12.4 Å². The Hall–Kier alpha value is -1.49. The second-order valence-electron chi connectivity index (χ2n) is 4.72. The molecule has 5 heteroatoms. The molecule has 0 atom stereocenters. The van der Waals surface area contributed by atoms with Crippen LogP contribution in [0.4, 0.5) is 0 Å². The molecule has 1 aromatic heterocycles. The molecular formula is C12H17N3O2. The molecule has 1 saturated carbocycles. The highest BCUT2D eigenvalue weighted by molar-refractivity contribution is 5.93. The molecule has 0 bridgehead atoms. The Labute approximate surface area is 100 Å². The van der Waals surface area contributed by atoms with E-state index in [4.69, 9.17) is 0 Å². The van der Waals surface area contributed by atoms with E-state index in [0.29, 0.717) is 12.1 Å². The van der Waals surface area contributed by atoms with E-state index >= 15 is 0 Å². The normalized spacial score (nSPS) is 18.0. The molecule has 1 N–H and O–H groups in total. The van der Waals surface area contributed by atoms with E-state index in [1.54, 1.807) is 18.0 Å². The van der Waals surface area contributed by atoms with Crippen LogP contribution in [0.2, 0.25) is 0 Å². The minimum Gasteiger partial charge on any atom is -0.388 e. The van der Waals surface area contributed by atoms with Gasteiger partial charge in [-0.1, -0.05) is 12.8 Å². The number of aromatic nitrogens is 2. The fourth-order valence-electron chi connectivity index (χ4n) is 2.34. The SMILES string of the molecule is CN(CC1(O)CCCC1)C(=O)c1ccnnc1. The first-order chi connectivity index (χ1) is 8.11. The summed E-state index contributed by atoms with van der Waals surface area (Å²) in [7, 11) is 1.71. The van der Waals surface area contributed by atoms with Crippen LogP contribution in [0, 0.1) is 0 Å². The minimum atomic E-state index is -0.704.